The molecule has 0 bridgehead atoms. The highest BCUT2D eigenvalue weighted by Gasteiger charge is 2.14. The van der Waals surface area contributed by atoms with Crippen molar-refractivity contribution in [3.05, 3.63) is 80.7 Å². The molecule has 5 rings (SSSR count). The van der Waals surface area contributed by atoms with E-state index < -0.39 is 5.91 Å². The number of rotatable bonds is 8. The molecule has 0 radical (unpaired) electrons. The molecule has 1 amide bonds. The molecule has 190 valence electrons. The Bertz CT molecular complexity index is 1760. The zero-order chi connectivity index (χ0) is 26.6. The molecule has 0 aliphatic carbocycles. The highest BCUT2D eigenvalue weighted by atomic mass is 32.1. The number of nitriles is 1. The summed E-state index contributed by atoms with van der Waals surface area (Å²) in [6.45, 7) is 2.01. The van der Waals surface area contributed by atoms with Crippen molar-refractivity contribution in [2.24, 2.45) is 0 Å². The van der Waals surface area contributed by atoms with Crippen molar-refractivity contribution in [1.82, 2.24) is 19.6 Å². The number of carbonyl (C=O) groups excluding carboxylic acids is 1. The van der Waals surface area contributed by atoms with Crippen LogP contribution in [0, 0.1) is 11.3 Å². The first-order valence-electron chi connectivity index (χ1n) is 11.5. The predicted octanol–water partition coefficient (Wildman–Crippen LogP) is 4.46. The number of aryl methyl sites for hydroxylation is 1. The van der Waals surface area contributed by atoms with E-state index in [9.17, 15) is 14.9 Å². The molecule has 0 spiro atoms. The fourth-order valence-corrected chi connectivity index (χ4v) is 5.28. The molecule has 0 saturated carbocycles. The predicted molar refractivity (Wildman–Crippen MR) is 146 cm³/mol. The number of fused-ring (bicyclic) bond motifs is 2. The van der Waals surface area contributed by atoms with Crippen LogP contribution in [0.2, 0.25) is 0 Å². The van der Waals surface area contributed by atoms with Gasteiger partial charge in [-0.05, 0) is 42.3 Å². The van der Waals surface area contributed by atoms with Gasteiger partial charge >= 0.3 is 0 Å². The number of benzene rings is 2. The van der Waals surface area contributed by atoms with E-state index in [1.54, 1.807) is 18.2 Å². The van der Waals surface area contributed by atoms with Gasteiger partial charge in [-0.15, -0.1) is 0 Å². The summed E-state index contributed by atoms with van der Waals surface area (Å²) < 4.78 is 13.5. The second-order valence-corrected chi connectivity index (χ2v) is 10.0. The van der Waals surface area contributed by atoms with Crippen molar-refractivity contribution >= 4 is 55.0 Å². The van der Waals surface area contributed by atoms with Gasteiger partial charge in [0, 0.05) is 6.07 Å². The second kappa shape index (κ2) is 10.8. The first-order chi connectivity index (χ1) is 18.5. The molecule has 1 N–H and O–H groups in total. The molecule has 0 saturated heterocycles. The topological polar surface area (TPSA) is 132 Å². The van der Waals surface area contributed by atoms with Gasteiger partial charge in [-0.1, -0.05) is 47.8 Å². The van der Waals surface area contributed by atoms with E-state index in [1.807, 2.05) is 37.3 Å². The molecule has 0 aliphatic heterocycles. The summed E-state index contributed by atoms with van der Waals surface area (Å²) in [5, 5.41) is 17.8. The molecule has 38 heavy (non-hydrogen) atoms. The number of amides is 1. The second-order valence-electron chi connectivity index (χ2n) is 7.94. The van der Waals surface area contributed by atoms with E-state index in [2.05, 4.69) is 20.4 Å². The Kier molecular flexibility index (Phi) is 7.12. The number of methoxy groups -OCH3 is 1. The molecule has 5 aromatic rings. The van der Waals surface area contributed by atoms with Crippen molar-refractivity contribution in [3.8, 4) is 17.6 Å². The minimum absolute atomic E-state index is 0.0463. The van der Waals surface area contributed by atoms with Gasteiger partial charge in [-0.3, -0.25) is 14.9 Å². The molecule has 3 heterocycles. The Morgan fingerprint density at radius 3 is 2.76 bits per heavy atom. The molecule has 3 aromatic heterocycles. The zero-order valence-corrected chi connectivity index (χ0v) is 21.9. The van der Waals surface area contributed by atoms with Crippen LogP contribution in [0.3, 0.4) is 0 Å². The molecular weight excluding hydrogens is 524 g/mol. The summed E-state index contributed by atoms with van der Waals surface area (Å²) in [7, 11) is 1.49. The number of nitrogens with one attached hydrogen (secondary N) is 1. The maximum absolute atomic E-state index is 12.7. The van der Waals surface area contributed by atoms with Gasteiger partial charge in [0.1, 0.15) is 23.3 Å². The smallest absolute Gasteiger partial charge is 0.275 e. The van der Waals surface area contributed by atoms with Gasteiger partial charge in [0.2, 0.25) is 4.96 Å². The van der Waals surface area contributed by atoms with Gasteiger partial charge in [0.15, 0.2) is 16.6 Å². The molecular formula is C26H20N6O4S2. The van der Waals surface area contributed by atoms with Crippen molar-refractivity contribution in [3.63, 3.8) is 0 Å². The van der Waals surface area contributed by atoms with E-state index in [4.69, 9.17) is 9.47 Å². The van der Waals surface area contributed by atoms with Gasteiger partial charge in [-0.2, -0.15) is 14.9 Å². The summed E-state index contributed by atoms with van der Waals surface area (Å²) in [4.78, 5) is 34.4. The normalized spacial score (nSPS) is 11.4. The molecule has 0 aliphatic rings. The van der Waals surface area contributed by atoms with Crippen molar-refractivity contribution in [1.29, 1.82) is 5.26 Å². The van der Waals surface area contributed by atoms with Crippen molar-refractivity contribution < 1.29 is 14.3 Å². The first kappa shape index (κ1) is 25.1. The molecule has 2 aromatic carbocycles. The van der Waals surface area contributed by atoms with E-state index >= 15 is 0 Å². The fourth-order valence-electron chi connectivity index (χ4n) is 3.56. The lowest BCUT2D eigenvalue weighted by Crippen LogP contribution is -2.16. The van der Waals surface area contributed by atoms with E-state index in [0.717, 1.165) is 15.2 Å². The Morgan fingerprint density at radius 2 is 2.00 bits per heavy atom. The number of aromatic nitrogens is 4. The van der Waals surface area contributed by atoms with Crippen molar-refractivity contribution in [2.75, 3.05) is 12.4 Å². The third-order valence-corrected chi connectivity index (χ3v) is 7.40. The average Bonchev–Trinajstić information content (AvgIpc) is 3.54. The van der Waals surface area contributed by atoms with Crippen LogP contribution in [-0.4, -0.2) is 32.6 Å². The third kappa shape index (κ3) is 5.24. The van der Waals surface area contributed by atoms with Gasteiger partial charge in [-0.25, -0.2) is 9.97 Å². The summed E-state index contributed by atoms with van der Waals surface area (Å²) in [6.07, 6.45) is 2.18. The third-order valence-electron chi connectivity index (χ3n) is 5.40. The SMILES string of the molecule is CCc1nn2c(=O)cc(COc3ccc(C=C(C#N)C(=O)Nc4nc5ccccc5s4)cc3OC)nc2s1. The number of para-hydroxylation sites is 1. The Hall–Kier alpha value is -4.60. The molecule has 10 nitrogen and oxygen atoms in total. The summed E-state index contributed by atoms with van der Waals surface area (Å²) in [6, 6.07) is 15.9. The molecule has 0 unspecified atom stereocenters. The number of hydrogen-bond acceptors (Lipinski definition) is 10. The minimum Gasteiger partial charge on any atom is -0.493 e. The standard InChI is InChI=1S/C26H20N6O4S2/c1-3-22-31-32-23(33)12-17(28-26(32)38-22)14-36-19-9-8-15(11-20(19)35-2)10-16(13-27)24(34)30-25-29-18-6-4-5-7-21(18)37-25/h4-12H,3,14H2,1-2H3,(H,29,30,34). The van der Waals surface area contributed by atoms with Crippen LogP contribution in [0.5, 0.6) is 11.5 Å². The van der Waals surface area contributed by atoms with Crippen LogP contribution in [0.1, 0.15) is 23.2 Å². The lowest BCUT2D eigenvalue weighted by Gasteiger charge is -2.11. The maximum Gasteiger partial charge on any atom is 0.275 e. The zero-order valence-electron chi connectivity index (χ0n) is 20.3. The van der Waals surface area contributed by atoms with Crippen LogP contribution in [-0.2, 0) is 17.8 Å². The number of ether oxygens (including phenoxy) is 2. The lowest BCUT2D eigenvalue weighted by atomic mass is 10.1. The van der Waals surface area contributed by atoms with E-state index in [0.29, 0.717) is 39.3 Å². The van der Waals surface area contributed by atoms with E-state index in [-0.39, 0.29) is 17.7 Å². The molecule has 12 heteroatoms. The number of carbonyl (C=O) groups is 1. The quantitative estimate of drug-likeness (QED) is 0.224. The number of hydrogen-bond donors (Lipinski definition) is 1. The maximum atomic E-state index is 12.7. The number of thiazole rings is 1. The number of anilines is 1. The highest BCUT2D eigenvalue weighted by Crippen LogP contribution is 2.30. The summed E-state index contributed by atoms with van der Waals surface area (Å²) >= 11 is 2.69. The Balaban J connectivity index is 1.32. The van der Waals surface area contributed by atoms with Gasteiger partial charge in [0.05, 0.1) is 23.0 Å². The van der Waals surface area contributed by atoms with Crippen molar-refractivity contribution in [2.45, 2.75) is 20.0 Å². The number of nitrogens with zero attached hydrogens (tertiary/aromatic N) is 5. The monoisotopic (exact) mass is 544 g/mol. The van der Waals surface area contributed by atoms with Crippen LogP contribution in [0.25, 0.3) is 21.3 Å². The fraction of sp³-hybridized carbons (Fsp3) is 0.154. The average molecular weight is 545 g/mol. The van der Waals surface area contributed by atoms with Crippen LogP contribution >= 0.6 is 22.7 Å². The van der Waals surface area contributed by atoms with Crippen LogP contribution in [0.4, 0.5) is 5.13 Å². The summed E-state index contributed by atoms with van der Waals surface area (Å²) in [5.41, 5.74) is 1.44. The first-order valence-corrected chi connectivity index (χ1v) is 13.1. The largest absolute Gasteiger partial charge is 0.493 e. The molecule has 0 atom stereocenters. The van der Waals surface area contributed by atoms with Gasteiger partial charge < -0.3 is 9.47 Å². The Morgan fingerprint density at radius 1 is 1.16 bits per heavy atom. The van der Waals surface area contributed by atoms with Crippen LogP contribution in [0.15, 0.2) is 58.9 Å². The van der Waals surface area contributed by atoms with Gasteiger partial charge in [0.25, 0.3) is 11.5 Å². The highest BCUT2D eigenvalue weighted by molar-refractivity contribution is 7.22. The Labute approximate surface area is 224 Å². The van der Waals surface area contributed by atoms with E-state index in [1.165, 1.54) is 46.4 Å². The molecule has 0 fully saturated rings. The van der Waals surface area contributed by atoms with Crippen LogP contribution < -0.4 is 20.3 Å². The summed E-state index contributed by atoms with van der Waals surface area (Å²) in [5.74, 6) is 0.252. The minimum atomic E-state index is -0.562. The lowest BCUT2D eigenvalue weighted by molar-refractivity contribution is -0.112.